The number of rotatable bonds is 11. The molecule has 1 unspecified atom stereocenters. The quantitative estimate of drug-likeness (QED) is 0.613. The second-order valence-electron chi connectivity index (χ2n) is 7.16. The van der Waals surface area contributed by atoms with Gasteiger partial charge in [-0.3, -0.25) is 9.59 Å². The lowest BCUT2D eigenvalue weighted by Gasteiger charge is -2.29. The molecule has 0 radical (unpaired) electrons. The van der Waals surface area contributed by atoms with E-state index in [2.05, 4.69) is 5.32 Å². The molecule has 0 saturated carbocycles. The van der Waals surface area contributed by atoms with Gasteiger partial charge in [0, 0.05) is 19.5 Å². The van der Waals surface area contributed by atoms with Crippen molar-refractivity contribution in [2.24, 2.45) is 0 Å². The van der Waals surface area contributed by atoms with Crippen molar-refractivity contribution < 1.29 is 19.1 Å². The van der Waals surface area contributed by atoms with Gasteiger partial charge >= 0.3 is 0 Å². The van der Waals surface area contributed by atoms with Crippen molar-refractivity contribution in [2.45, 2.75) is 45.7 Å². The Labute approximate surface area is 179 Å². The van der Waals surface area contributed by atoms with E-state index in [0.29, 0.717) is 37.4 Å². The van der Waals surface area contributed by atoms with Crippen LogP contribution in [-0.2, 0) is 22.6 Å². The van der Waals surface area contributed by atoms with Gasteiger partial charge in [0.25, 0.3) is 0 Å². The van der Waals surface area contributed by atoms with Crippen LogP contribution in [0, 0.1) is 0 Å². The standard InChI is InChI=1S/C24H32N2O4/c1-5-15-25-24(28)18(2)26(17-20-9-7-6-8-10-20)23(27)14-12-19-11-13-21(29-3)22(16-19)30-4/h6-11,13,16,18H,5,12,14-15,17H2,1-4H3,(H,25,28). The number of ether oxygens (including phenoxy) is 2. The summed E-state index contributed by atoms with van der Waals surface area (Å²) in [5, 5.41) is 2.89. The summed E-state index contributed by atoms with van der Waals surface area (Å²) < 4.78 is 10.6. The Morgan fingerprint density at radius 3 is 2.33 bits per heavy atom. The van der Waals surface area contributed by atoms with E-state index in [4.69, 9.17) is 9.47 Å². The Balaban J connectivity index is 2.12. The summed E-state index contributed by atoms with van der Waals surface area (Å²) in [4.78, 5) is 27.3. The molecule has 6 nitrogen and oxygen atoms in total. The topological polar surface area (TPSA) is 67.9 Å². The highest BCUT2D eigenvalue weighted by atomic mass is 16.5. The number of nitrogens with zero attached hydrogens (tertiary/aromatic N) is 1. The Hall–Kier alpha value is -3.02. The summed E-state index contributed by atoms with van der Waals surface area (Å²) in [6, 6.07) is 14.8. The number of amides is 2. The average molecular weight is 413 g/mol. The fraction of sp³-hybridized carbons (Fsp3) is 0.417. The highest BCUT2D eigenvalue weighted by Gasteiger charge is 2.25. The first kappa shape index (κ1) is 23.3. The van der Waals surface area contributed by atoms with Crippen LogP contribution in [0.3, 0.4) is 0 Å². The minimum atomic E-state index is -0.547. The number of hydrogen-bond donors (Lipinski definition) is 1. The summed E-state index contributed by atoms with van der Waals surface area (Å²) in [5.41, 5.74) is 1.97. The smallest absolute Gasteiger partial charge is 0.242 e. The Kier molecular flexibility index (Phi) is 9.19. The minimum Gasteiger partial charge on any atom is -0.493 e. The van der Waals surface area contributed by atoms with E-state index in [1.807, 2.05) is 55.5 Å². The van der Waals surface area contributed by atoms with Gasteiger partial charge < -0.3 is 19.7 Å². The first-order valence-electron chi connectivity index (χ1n) is 10.3. The fourth-order valence-corrected chi connectivity index (χ4v) is 3.19. The molecule has 0 bridgehead atoms. The number of benzene rings is 2. The predicted molar refractivity (Wildman–Crippen MR) is 118 cm³/mol. The lowest BCUT2D eigenvalue weighted by molar-refractivity contribution is -0.140. The Bertz CT molecular complexity index is 823. The molecule has 0 aromatic heterocycles. The van der Waals surface area contributed by atoms with Gasteiger partial charge in [0.2, 0.25) is 11.8 Å². The van der Waals surface area contributed by atoms with Gasteiger partial charge in [-0.1, -0.05) is 43.3 Å². The van der Waals surface area contributed by atoms with Crippen molar-refractivity contribution in [3.05, 3.63) is 59.7 Å². The van der Waals surface area contributed by atoms with Gasteiger partial charge in [-0.15, -0.1) is 0 Å². The fourth-order valence-electron chi connectivity index (χ4n) is 3.19. The minimum absolute atomic E-state index is 0.0622. The molecular formula is C24H32N2O4. The molecule has 2 aromatic carbocycles. The summed E-state index contributed by atoms with van der Waals surface area (Å²) in [7, 11) is 3.18. The molecule has 30 heavy (non-hydrogen) atoms. The maximum absolute atomic E-state index is 13.1. The van der Waals surface area contributed by atoms with Crippen molar-refractivity contribution in [3.8, 4) is 11.5 Å². The van der Waals surface area contributed by atoms with Crippen molar-refractivity contribution >= 4 is 11.8 Å². The van der Waals surface area contributed by atoms with Gasteiger partial charge in [-0.25, -0.2) is 0 Å². The van der Waals surface area contributed by atoms with Crippen LogP contribution in [0.4, 0.5) is 0 Å². The van der Waals surface area contributed by atoms with Crippen LogP contribution in [0.25, 0.3) is 0 Å². The molecule has 1 atom stereocenters. The van der Waals surface area contributed by atoms with Crippen LogP contribution in [-0.4, -0.2) is 43.5 Å². The van der Waals surface area contributed by atoms with Crippen LogP contribution >= 0.6 is 0 Å². The predicted octanol–water partition coefficient (Wildman–Crippen LogP) is 3.58. The van der Waals surface area contributed by atoms with Gasteiger partial charge in [-0.05, 0) is 43.0 Å². The Morgan fingerprint density at radius 1 is 1.00 bits per heavy atom. The van der Waals surface area contributed by atoms with E-state index >= 15 is 0 Å². The lowest BCUT2D eigenvalue weighted by atomic mass is 10.1. The highest BCUT2D eigenvalue weighted by molar-refractivity contribution is 5.87. The van der Waals surface area contributed by atoms with Gasteiger partial charge in [-0.2, -0.15) is 0 Å². The zero-order valence-electron chi connectivity index (χ0n) is 18.3. The van der Waals surface area contributed by atoms with Crippen LogP contribution in [0.15, 0.2) is 48.5 Å². The van der Waals surface area contributed by atoms with Crippen molar-refractivity contribution in [3.63, 3.8) is 0 Å². The molecule has 0 fully saturated rings. The second kappa shape index (κ2) is 11.9. The second-order valence-corrected chi connectivity index (χ2v) is 7.16. The summed E-state index contributed by atoms with van der Waals surface area (Å²) in [6.45, 7) is 4.78. The van der Waals surface area contributed by atoms with E-state index in [1.54, 1.807) is 26.0 Å². The zero-order valence-corrected chi connectivity index (χ0v) is 18.3. The third-order valence-electron chi connectivity index (χ3n) is 4.99. The van der Waals surface area contributed by atoms with E-state index in [-0.39, 0.29) is 11.8 Å². The van der Waals surface area contributed by atoms with Crippen molar-refractivity contribution in [2.75, 3.05) is 20.8 Å². The SMILES string of the molecule is CCCNC(=O)C(C)N(Cc1ccccc1)C(=O)CCc1ccc(OC)c(OC)c1. The molecule has 2 amide bonds. The van der Waals surface area contributed by atoms with Crippen LogP contribution < -0.4 is 14.8 Å². The molecule has 0 aliphatic carbocycles. The molecule has 162 valence electrons. The molecule has 0 spiro atoms. The lowest BCUT2D eigenvalue weighted by Crippen LogP contribution is -2.47. The first-order valence-corrected chi connectivity index (χ1v) is 10.3. The van der Waals surface area contributed by atoms with E-state index in [9.17, 15) is 9.59 Å². The van der Waals surface area contributed by atoms with Crippen molar-refractivity contribution in [1.29, 1.82) is 0 Å². The van der Waals surface area contributed by atoms with Crippen LogP contribution in [0.5, 0.6) is 11.5 Å². The summed E-state index contributed by atoms with van der Waals surface area (Å²) in [6.07, 6.45) is 1.70. The van der Waals surface area contributed by atoms with Gasteiger partial charge in [0.05, 0.1) is 14.2 Å². The monoisotopic (exact) mass is 412 g/mol. The average Bonchev–Trinajstić information content (AvgIpc) is 2.79. The molecule has 0 heterocycles. The largest absolute Gasteiger partial charge is 0.493 e. The number of nitrogens with one attached hydrogen (secondary N) is 1. The summed E-state index contributed by atoms with van der Waals surface area (Å²) >= 11 is 0. The molecule has 0 aliphatic heterocycles. The Morgan fingerprint density at radius 2 is 1.70 bits per heavy atom. The normalized spacial score (nSPS) is 11.5. The van der Waals surface area contributed by atoms with Gasteiger partial charge in [0.1, 0.15) is 6.04 Å². The zero-order chi connectivity index (χ0) is 21.9. The number of hydrogen-bond acceptors (Lipinski definition) is 4. The third kappa shape index (κ3) is 6.51. The molecule has 0 saturated heterocycles. The van der Waals surface area contributed by atoms with Crippen molar-refractivity contribution in [1.82, 2.24) is 10.2 Å². The molecule has 2 rings (SSSR count). The number of carbonyl (C=O) groups excluding carboxylic acids is 2. The van der Waals surface area contributed by atoms with Gasteiger partial charge in [0.15, 0.2) is 11.5 Å². The van der Waals surface area contributed by atoms with Crippen LogP contribution in [0.1, 0.15) is 37.8 Å². The maximum atomic E-state index is 13.1. The van der Waals surface area contributed by atoms with E-state index < -0.39 is 6.04 Å². The molecular weight excluding hydrogens is 380 g/mol. The highest BCUT2D eigenvalue weighted by Crippen LogP contribution is 2.28. The molecule has 6 heteroatoms. The number of carbonyl (C=O) groups is 2. The van der Waals surface area contributed by atoms with E-state index in [0.717, 1.165) is 17.5 Å². The molecule has 1 N–H and O–H groups in total. The molecule has 2 aromatic rings. The first-order chi connectivity index (χ1) is 14.5. The van der Waals surface area contributed by atoms with E-state index in [1.165, 1.54) is 0 Å². The number of methoxy groups -OCH3 is 2. The summed E-state index contributed by atoms with van der Waals surface area (Å²) in [5.74, 6) is 1.09. The molecule has 0 aliphatic rings. The van der Waals surface area contributed by atoms with Crippen LogP contribution in [0.2, 0.25) is 0 Å². The number of aryl methyl sites for hydroxylation is 1. The maximum Gasteiger partial charge on any atom is 0.242 e. The third-order valence-corrected chi connectivity index (χ3v) is 4.99.